The smallest absolute Gasteiger partial charge is 0.326 e. The van der Waals surface area contributed by atoms with Crippen LogP contribution in [0.15, 0.2) is 12.1 Å². The van der Waals surface area contributed by atoms with Crippen molar-refractivity contribution in [2.24, 2.45) is 5.92 Å². The van der Waals surface area contributed by atoms with E-state index >= 15 is 0 Å². The monoisotopic (exact) mass is 281 g/mol. The molecule has 2 N–H and O–H groups in total. The van der Waals surface area contributed by atoms with Gasteiger partial charge in [0.15, 0.2) is 0 Å². The fourth-order valence-electron chi connectivity index (χ4n) is 2.00. The summed E-state index contributed by atoms with van der Waals surface area (Å²) >= 11 is 0. The Morgan fingerprint density at radius 2 is 1.95 bits per heavy atom. The first-order valence-corrected chi connectivity index (χ1v) is 6.60. The van der Waals surface area contributed by atoms with Crippen LogP contribution in [0.1, 0.15) is 42.3 Å². The van der Waals surface area contributed by atoms with Crippen LogP contribution in [0, 0.1) is 18.7 Å². The van der Waals surface area contributed by atoms with Gasteiger partial charge in [-0.3, -0.25) is 4.79 Å². The molecule has 0 saturated heterocycles. The third kappa shape index (κ3) is 3.56. The van der Waals surface area contributed by atoms with E-state index in [1.807, 2.05) is 6.92 Å². The summed E-state index contributed by atoms with van der Waals surface area (Å²) in [6.45, 7) is 7.05. The van der Waals surface area contributed by atoms with E-state index in [2.05, 4.69) is 5.32 Å². The van der Waals surface area contributed by atoms with Crippen molar-refractivity contribution in [1.82, 2.24) is 5.32 Å². The van der Waals surface area contributed by atoms with Gasteiger partial charge in [-0.05, 0) is 42.5 Å². The highest BCUT2D eigenvalue weighted by atomic mass is 19.1. The summed E-state index contributed by atoms with van der Waals surface area (Å²) in [6, 6.07) is 1.76. The normalized spacial score (nSPS) is 12.3. The number of carbonyl (C=O) groups excluding carboxylic acids is 1. The maximum atomic E-state index is 13.9. The first-order chi connectivity index (χ1) is 9.27. The van der Waals surface area contributed by atoms with Gasteiger partial charge in [0.05, 0.1) is 5.56 Å². The van der Waals surface area contributed by atoms with Crippen LogP contribution < -0.4 is 5.32 Å². The van der Waals surface area contributed by atoms with E-state index < -0.39 is 23.7 Å². The average Bonchev–Trinajstić information content (AvgIpc) is 2.35. The van der Waals surface area contributed by atoms with Crippen molar-refractivity contribution in [3.8, 4) is 0 Å². The molecule has 5 heteroatoms. The lowest BCUT2D eigenvalue weighted by molar-refractivity contribution is -0.140. The van der Waals surface area contributed by atoms with E-state index in [4.69, 9.17) is 5.11 Å². The summed E-state index contributed by atoms with van der Waals surface area (Å²) in [4.78, 5) is 23.1. The van der Waals surface area contributed by atoms with Crippen LogP contribution in [-0.4, -0.2) is 23.0 Å². The standard InChI is InChI=1S/C15H20FNO3/c1-5-10-7-11(12(16)6-9(10)4)14(18)17-13(8(2)3)15(19)20/h6-8,13H,5H2,1-4H3,(H,17,18)(H,19,20). The number of aryl methyl sites for hydroxylation is 2. The Labute approximate surface area is 118 Å². The fourth-order valence-corrected chi connectivity index (χ4v) is 2.00. The molecule has 110 valence electrons. The number of hydrogen-bond acceptors (Lipinski definition) is 2. The zero-order valence-corrected chi connectivity index (χ0v) is 12.2. The van der Waals surface area contributed by atoms with Crippen molar-refractivity contribution in [3.63, 3.8) is 0 Å². The van der Waals surface area contributed by atoms with Crippen molar-refractivity contribution in [3.05, 3.63) is 34.6 Å². The van der Waals surface area contributed by atoms with Crippen LogP contribution in [0.2, 0.25) is 0 Å². The van der Waals surface area contributed by atoms with Crippen LogP contribution in [0.25, 0.3) is 0 Å². The molecule has 1 atom stereocenters. The molecule has 1 unspecified atom stereocenters. The molecule has 20 heavy (non-hydrogen) atoms. The average molecular weight is 281 g/mol. The van der Waals surface area contributed by atoms with Gasteiger partial charge in [0.25, 0.3) is 5.91 Å². The van der Waals surface area contributed by atoms with E-state index in [0.29, 0.717) is 6.42 Å². The predicted molar refractivity (Wildman–Crippen MR) is 74.2 cm³/mol. The Hall–Kier alpha value is -1.91. The SMILES string of the molecule is CCc1cc(C(=O)NC(C(=O)O)C(C)C)c(F)cc1C. The van der Waals surface area contributed by atoms with E-state index in [0.717, 1.165) is 11.1 Å². The van der Waals surface area contributed by atoms with Crippen LogP contribution in [-0.2, 0) is 11.2 Å². The molecule has 0 aliphatic rings. The molecule has 1 rings (SSSR count). The lowest BCUT2D eigenvalue weighted by Crippen LogP contribution is -2.44. The minimum Gasteiger partial charge on any atom is -0.480 e. The van der Waals surface area contributed by atoms with Crippen molar-refractivity contribution in [2.45, 2.75) is 40.2 Å². The maximum Gasteiger partial charge on any atom is 0.326 e. The summed E-state index contributed by atoms with van der Waals surface area (Å²) in [5.74, 6) is -2.74. The number of hydrogen-bond donors (Lipinski definition) is 2. The molecule has 0 spiro atoms. The molecule has 4 nitrogen and oxygen atoms in total. The second-order valence-electron chi connectivity index (χ2n) is 5.15. The van der Waals surface area contributed by atoms with Gasteiger partial charge in [0.1, 0.15) is 11.9 Å². The number of benzene rings is 1. The summed E-state index contributed by atoms with van der Waals surface area (Å²) in [5.41, 5.74) is 1.53. The quantitative estimate of drug-likeness (QED) is 0.871. The van der Waals surface area contributed by atoms with Gasteiger partial charge >= 0.3 is 5.97 Å². The molecular weight excluding hydrogens is 261 g/mol. The molecule has 1 aromatic carbocycles. The molecule has 1 aromatic rings. The highest BCUT2D eigenvalue weighted by molar-refractivity contribution is 5.97. The fraction of sp³-hybridized carbons (Fsp3) is 0.467. The number of halogens is 1. The number of carbonyl (C=O) groups is 2. The van der Waals surface area contributed by atoms with Crippen LogP contribution in [0.3, 0.4) is 0 Å². The number of rotatable bonds is 5. The molecule has 0 saturated carbocycles. The third-order valence-corrected chi connectivity index (χ3v) is 3.27. The topological polar surface area (TPSA) is 66.4 Å². The summed E-state index contributed by atoms with van der Waals surface area (Å²) in [7, 11) is 0. The van der Waals surface area contributed by atoms with E-state index in [-0.39, 0.29) is 11.5 Å². The zero-order valence-electron chi connectivity index (χ0n) is 12.2. The third-order valence-electron chi connectivity index (χ3n) is 3.27. The predicted octanol–water partition coefficient (Wildman–Crippen LogP) is 2.54. The summed E-state index contributed by atoms with van der Waals surface area (Å²) in [6.07, 6.45) is 0.679. The summed E-state index contributed by atoms with van der Waals surface area (Å²) in [5, 5.41) is 11.4. The Bertz CT molecular complexity index is 526. The molecule has 0 fully saturated rings. The molecule has 0 bridgehead atoms. The van der Waals surface area contributed by atoms with E-state index in [1.165, 1.54) is 12.1 Å². The minimum absolute atomic E-state index is 0.112. The Kier molecular flexibility index (Phi) is 5.25. The van der Waals surface area contributed by atoms with E-state index in [1.54, 1.807) is 20.8 Å². The van der Waals surface area contributed by atoms with E-state index in [9.17, 15) is 14.0 Å². The second-order valence-corrected chi connectivity index (χ2v) is 5.15. The van der Waals surface area contributed by atoms with Gasteiger partial charge in [0.2, 0.25) is 0 Å². The first kappa shape index (κ1) is 16.1. The number of carboxylic acids is 1. The maximum absolute atomic E-state index is 13.9. The van der Waals surface area contributed by atoms with Gasteiger partial charge in [-0.1, -0.05) is 20.8 Å². The molecule has 0 aromatic heterocycles. The van der Waals surface area contributed by atoms with Crippen molar-refractivity contribution >= 4 is 11.9 Å². The molecule has 0 radical (unpaired) electrons. The van der Waals surface area contributed by atoms with Crippen LogP contribution >= 0.6 is 0 Å². The number of carboxylic acid groups (broad SMARTS) is 1. The number of nitrogens with one attached hydrogen (secondary N) is 1. The zero-order chi connectivity index (χ0) is 15.4. The van der Waals surface area contributed by atoms with Gasteiger partial charge in [0, 0.05) is 0 Å². The van der Waals surface area contributed by atoms with Crippen molar-refractivity contribution in [2.75, 3.05) is 0 Å². The van der Waals surface area contributed by atoms with Gasteiger partial charge in [-0.15, -0.1) is 0 Å². The Morgan fingerprint density at radius 1 is 1.35 bits per heavy atom. The highest BCUT2D eigenvalue weighted by Crippen LogP contribution is 2.17. The minimum atomic E-state index is -1.13. The molecule has 0 aliphatic heterocycles. The number of aliphatic carboxylic acids is 1. The highest BCUT2D eigenvalue weighted by Gasteiger charge is 2.25. The van der Waals surface area contributed by atoms with Crippen LogP contribution in [0.5, 0.6) is 0 Å². The van der Waals surface area contributed by atoms with Gasteiger partial charge < -0.3 is 10.4 Å². The first-order valence-electron chi connectivity index (χ1n) is 6.60. The largest absolute Gasteiger partial charge is 0.480 e. The second kappa shape index (κ2) is 6.50. The molecule has 1 amide bonds. The molecule has 0 aliphatic carbocycles. The number of amides is 1. The Morgan fingerprint density at radius 3 is 2.40 bits per heavy atom. The lowest BCUT2D eigenvalue weighted by atomic mass is 10.0. The Balaban J connectivity index is 3.06. The van der Waals surface area contributed by atoms with Crippen molar-refractivity contribution < 1.29 is 19.1 Å². The van der Waals surface area contributed by atoms with Crippen molar-refractivity contribution in [1.29, 1.82) is 0 Å². The van der Waals surface area contributed by atoms with Gasteiger partial charge in [-0.25, -0.2) is 9.18 Å². The van der Waals surface area contributed by atoms with Gasteiger partial charge in [-0.2, -0.15) is 0 Å². The van der Waals surface area contributed by atoms with Crippen LogP contribution in [0.4, 0.5) is 4.39 Å². The molecular formula is C15H20FNO3. The molecule has 0 heterocycles. The summed E-state index contributed by atoms with van der Waals surface area (Å²) < 4.78 is 13.9. The lowest BCUT2D eigenvalue weighted by Gasteiger charge is -2.18.